The number of carbonyl (C=O) groups excluding carboxylic acids is 2. The van der Waals surface area contributed by atoms with E-state index in [1.54, 1.807) is 29.2 Å². The van der Waals surface area contributed by atoms with Gasteiger partial charge in [-0.15, -0.1) is 0 Å². The zero-order valence-corrected chi connectivity index (χ0v) is 12.8. The van der Waals surface area contributed by atoms with Crippen molar-refractivity contribution in [3.63, 3.8) is 0 Å². The van der Waals surface area contributed by atoms with Crippen LogP contribution in [0.5, 0.6) is 0 Å². The molecule has 0 N–H and O–H groups in total. The molecule has 1 fully saturated rings. The molecule has 2 aliphatic heterocycles. The molecule has 0 unspecified atom stereocenters. The van der Waals surface area contributed by atoms with Gasteiger partial charge in [-0.2, -0.15) is 5.10 Å². The molecule has 3 rings (SSSR count). The van der Waals surface area contributed by atoms with Crippen molar-refractivity contribution in [2.45, 2.75) is 12.8 Å². The van der Waals surface area contributed by atoms with E-state index in [9.17, 15) is 9.59 Å². The molecule has 0 atom stereocenters. The average molecular weight is 322 g/mol. The Kier molecular flexibility index (Phi) is 4.40. The lowest BCUT2D eigenvalue weighted by Crippen LogP contribution is -2.46. The summed E-state index contributed by atoms with van der Waals surface area (Å²) in [6, 6.07) is 6.81. The molecule has 0 bridgehead atoms. The van der Waals surface area contributed by atoms with Crippen molar-refractivity contribution in [3.05, 3.63) is 29.3 Å². The third kappa shape index (κ3) is 3.13. The number of hydrazone groups is 1. The highest BCUT2D eigenvalue weighted by Gasteiger charge is 2.29. The van der Waals surface area contributed by atoms with Crippen LogP contribution < -0.4 is 5.01 Å². The number of morpholine rings is 1. The van der Waals surface area contributed by atoms with Crippen LogP contribution in [0.3, 0.4) is 0 Å². The minimum atomic E-state index is -0.124. The number of halogens is 1. The number of hydrogen-bond acceptors (Lipinski definition) is 4. The predicted octanol–water partition coefficient (Wildman–Crippen LogP) is 1.68. The van der Waals surface area contributed by atoms with E-state index in [0.717, 1.165) is 0 Å². The number of ether oxygens (including phenoxy) is 1. The highest BCUT2D eigenvalue weighted by molar-refractivity contribution is 6.40. The monoisotopic (exact) mass is 321 g/mol. The molecule has 0 aliphatic carbocycles. The number of benzene rings is 1. The van der Waals surface area contributed by atoms with Crippen LogP contribution >= 0.6 is 11.6 Å². The fourth-order valence-electron chi connectivity index (χ4n) is 2.44. The maximum absolute atomic E-state index is 12.5. The quantitative estimate of drug-likeness (QED) is 0.832. The first-order valence-corrected chi connectivity index (χ1v) is 7.56. The molecular weight excluding hydrogens is 306 g/mol. The van der Waals surface area contributed by atoms with Crippen LogP contribution in [0.1, 0.15) is 12.8 Å². The first kappa shape index (κ1) is 15.0. The maximum atomic E-state index is 12.5. The number of rotatable bonds is 2. The van der Waals surface area contributed by atoms with Gasteiger partial charge in [-0.1, -0.05) is 11.6 Å². The van der Waals surface area contributed by atoms with Crippen molar-refractivity contribution >= 4 is 34.8 Å². The van der Waals surface area contributed by atoms with Crippen molar-refractivity contribution in [2.75, 3.05) is 31.3 Å². The summed E-state index contributed by atoms with van der Waals surface area (Å²) < 4.78 is 5.25. The molecule has 0 aromatic heterocycles. The average Bonchev–Trinajstić information content (AvgIpc) is 2.56. The highest BCUT2D eigenvalue weighted by Crippen LogP contribution is 2.22. The van der Waals surface area contributed by atoms with Gasteiger partial charge < -0.3 is 9.64 Å². The molecule has 0 saturated carbocycles. The predicted molar refractivity (Wildman–Crippen MR) is 83.0 cm³/mol. The summed E-state index contributed by atoms with van der Waals surface area (Å²) in [6.45, 7) is 2.21. The molecule has 0 radical (unpaired) electrons. The molecule has 2 heterocycles. The zero-order valence-electron chi connectivity index (χ0n) is 12.0. The van der Waals surface area contributed by atoms with Crippen LogP contribution in [0.15, 0.2) is 29.4 Å². The van der Waals surface area contributed by atoms with E-state index in [4.69, 9.17) is 16.3 Å². The van der Waals surface area contributed by atoms with Gasteiger partial charge in [0, 0.05) is 31.0 Å². The lowest BCUT2D eigenvalue weighted by molar-refractivity contribution is -0.128. The number of anilines is 1. The second kappa shape index (κ2) is 6.46. The fraction of sp³-hybridized carbons (Fsp3) is 0.400. The van der Waals surface area contributed by atoms with Gasteiger partial charge in [0.1, 0.15) is 5.71 Å². The molecule has 7 heteroatoms. The normalized spacial score (nSPS) is 19.1. The SMILES string of the molecule is O=C(C1=NN(c2ccc(Cl)cc2)C(=O)CC1)N1CCOCC1. The van der Waals surface area contributed by atoms with E-state index in [1.807, 2.05) is 0 Å². The van der Waals surface area contributed by atoms with Crippen LogP contribution in [0.25, 0.3) is 0 Å². The Hall–Kier alpha value is -1.92. The summed E-state index contributed by atoms with van der Waals surface area (Å²) in [5, 5.41) is 6.13. The van der Waals surface area contributed by atoms with Crippen LogP contribution in [0.4, 0.5) is 5.69 Å². The minimum absolute atomic E-state index is 0.116. The van der Waals surface area contributed by atoms with E-state index in [1.165, 1.54) is 5.01 Å². The molecule has 1 saturated heterocycles. The topological polar surface area (TPSA) is 62.2 Å². The van der Waals surface area contributed by atoms with Gasteiger partial charge in [0.2, 0.25) is 5.91 Å². The molecular formula is C15H16ClN3O3. The largest absolute Gasteiger partial charge is 0.378 e. The van der Waals surface area contributed by atoms with Crippen molar-refractivity contribution in [1.29, 1.82) is 0 Å². The molecule has 1 aromatic rings. The Morgan fingerprint density at radius 3 is 2.50 bits per heavy atom. The Balaban J connectivity index is 1.82. The lowest BCUT2D eigenvalue weighted by atomic mass is 10.1. The zero-order chi connectivity index (χ0) is 15.5. The number of amides is 2. The molecule has 116 valence electrons. The molecule has 2 amide bonds. The summed E-state index contributed by atoms with van der Waals surface area (Å²) in [5.74, 6) is -0.240. The van der Waals surface area contributed by atoms with Gasteiger partial charge in [-0.3, -0.25) is 9.59 Å². The Bertz CT molecular complexity index is 609. The van der Waals surface area contributed by atoms with Crippen LogP contribution in [0, 0.1) is 0 Å². The first-order chi connectivity index (χ1) is 10.6. The molecule has 2 aliphatic rings. The van der Waals surface area contributed by atoms with Gasteiger partial charge in [0.15, 0.2) is 0 Å². The van der Waals surface area contributed by atoms with E-state index in [0.29, 0.717) is 49.1 Å². The van der Waals surface area contributed by atoms with Gasteiger partial charge >= 0.3 is 0 Å². The summed E-state index contributed by atoms with van der Waals surface area (Å²) in [6.07, 6.45) is 0.649. The van der Waals surface area contributed by atoms with Gasteiger partial charge in [-0.25, -0.2) is 5.01 Å². The van der Waals surface area contributed by atoms with Crippen molar-refractivity contribution in [2.24, 2.45) is 5.10 Å². The summed E-state index contributed by atoms with van der Waals surface area (Å²) in [4.78, 5) is 26.3. The molecule has 1 aromatic carbocycles. The van der Waals surface area contributed by atoms with Gasteiger partial charge in [0.05, 0.1) is 18.9 Å². The van der Waals surface area contributed by atoms with Crippen LogP contribution in [-0.2, 0) is 14.3 Å². The maximum Gasteiger partial charge on any atom is 0.270 e. The Morgan fingerprint density at radius 1 is 1.14 bits per heavy atom. The number of hydrogen-bond donors (Lipinski definition) is 0. The van der Waals surface area contributed by atoms with Gasteiger partial charge in [0.25, 0.3) is 5.91 Å². The summed E-state index contributed by atoms with van der Waals surface area (Å²) in [7, 11) is 0. The van der Waals surface area contributed by atoms with Crippen LogP contribution in [-0.4, -0.2) is 48.7 Å². The molecule has 0 spiro atoms. The molecule has 6 nitrogen and oxygen atoms in total. The van der Waals surface area contributed by atoms with E-state index in [-0.39, 0.29) is 18.2 Å². The first-order valence-electron chi connectivity index (χ1n) is 7.18. The molecule has 22 heavy (non-hydrogen) atoms. The van der Waals surface area contributed by atoms with E-state index >= 15 is 0 Å². The van der Waals surface area contributed by atoms with Crippen LogP contribution in [0.2, 0.25) is 5.02 Å². The highest BCUT2D eigenvalue weighted by atomic mass is 35.5. The third-order valence-corrected chi connectivity index (χ3v) is 3.90. The van der Waals surface area contributed by atoms with Gasteiger partial charge in [-0.05, 0) is 24.3 Å². The minimum Gasteiger partial charge on any atom is -0.378 e. The number of carbonyl (C=O) groups is 2. The second-order valence-electron chi connectivity index (χ2n) is 5.13. The summed E-state index contributed by atoms with van der Waals surface area (Å²) in [5.41, 5.74) is 1.03. The Morgan fingerprint density at radius 2 is 1.82 bits per heavy atom. The second-order valence-corrected chi connectivity index (χ2v) is 5.57. The fourth-order valence-corrected chi connectivity index (χ4v) is 2.57. The third-order valence-electron chi connectivity index (χ3n) is 3.65. The van der Waals surface area contributed by atoms with Crippen molar-refractivity contribution in [3.8, 4) is 0 Å². The Labute approximate surface area is 133 Å². The lowest BCUT2D eigenvalue weighted by Gasteiger charge is -2.29. The smallest absolute Gasteiger partial charge is 0.270 e. The van der Waals surface area contributed by atoms with Crippen molar-refractivity contribution < 1.29 is 14.3 Å². The summed E-state index contributed by atoms with van der Waals surface area (Å²) >= 11 is 5.86. The van der Waals surface area contributed by atoms with E-state index in [2.05, 4.69) is 5.10 Å². The van der Waals surface area contributed by atoms with E-state index < -0.39 is 0 Å². The van der Waals surface area contributed by atoms with Crippen molar-refractivity contribution in [1.82, 2.24) is 4.90 Å². The number of nitrogens with zero attached hydrogens (tertiary/aromatic N) is 3. The standard InChI is InChI=1S/C15H16ClN3O3/c16-11-1-3-12(4-2-11)19-14(20)6-5-13(17-19)15(21)18-7-9-22-10-8-18/h1-4H,5-10H2.